The Labute approximate surface area is 98.0 Å². The van der Waals surface area contributed by atoms with Crippen molar-refractivity contribution in [1.82, 2.24) is 0 Å². The van der Waals surface area contributed by atoms with Crippen molar-refractivity contribution in [2.45, 2.75) is 4.83 Å². The molecule has 0 N–H and O–H groups in total. The van der Waals surface area contributed by atoms with E-state index in [0.29, 0.717) is 17.7 Å². The van der Waals surface area contributed by atoms with E-state index in [1.54, 1.807) is 6.07 Å². The maximum Gasteiger partial charge on any atom is 0.133 e. The molecule has 5 heteroatoms. The van der Waals surface area contributed by atoms with Crippen molar-refractivity contribution in [1.29, 1.82) is 0 Å². The van der Waals surface area contributed by atoms with E-state index in [1.165, 1.54) is 12.5 Å². The fraction of sp³-hybridized carbons (Fsp3) is 0.0909. The van der Waals surface area contributed by atoms with E-state index in [-0.39, 0.29) is 5.56 Å². The zero-order valence-corrected chi connectivity index (χ0v) is 9.47. The highest BCUT2D eigenvalue weighted by atomic mass is 79.9. The van der Waals surface area contributed by atoms with E-state index in [4.69, 9.17) is 4.42 Å². The van der Waals surface area contributed by atoms with Crippen molar-refractivity contribution in [3.05, 3.63) is 59.3 Å². The average molecular weight is 291 g/mol. The lowest BCUT2D eigenvalue weighted by Gasteiger charge is -2.10. The fourth-order valence-electron chi connectivity index (χ4n) is 1.38. The quantitative estimate of drug-likeness (QED) is 0.756. The summed E-state index contributed by atoms with van der Waals surface area (Å²) in [6, 6.07) is 2.86. The van der Waals surface area contributed by atoms with Crippen LogP contribution in [0.5, 0.6) is 0 Å². The van der Waals surface area contributed by atoms with Crippen molar-refractivity contribution < 1.29 is 17.6 Å². The molecule has 0 aliphatic heterocycles. The number of rotatable bonds is 2. The third kappa shape index (κ3) is 2.00. The van der Waals surface area contributed by atoms with Crippen LogP contribution in [0.2, 0.25) is 0 Å². The minimum absolute atomic E-state index is 0.234. The molecule has 16 heavy (non-hydrogen) atoms. The van der Waals surface area contributed by atoms with Crippen molar-refractivity contribution >= 4 is 15.9 Å². The molecule has 1 nitrogen and oxygen atoms in total. The second-order valence-corrected chi connectivity index (χ2v) is 4.12. The molecule has 0 aliphatic rings. The van der Waals surface area contributed by atoms with Gasteiger partial charge in [0.25, 0.3) is 0 Å². The van der Waals surface area contributed by atoms with Crippen LogP contribution in [0.4, 0.5) is 13.2 Å². The predicted molar refractivity (Wildman–Crippen MR) is 55.8 cm³/mol. The Balaban J connectivity index is 2.48. The molecule has 1 aromatic heterocycles. The normalized spacial score (nSPS) is 12.8. The number of hydrogen-bond acceptors (Lipinski definition) is 1. The first-order chi connectivity index (χ1) is 7.59. The summed E-state index contributed by atoms with van der Waals surface area (Å²) in [4.78, 5) is -0.702. The van der Waals surface area contributed by atoms with Crippen molar-refractivity contribution in [3.63, 3.8) is 0 Å². The highest BCUT2D eigenvalue weighted by Crippen LogP contribution is 2.34. The first-order valence-corrected chi connectivity index (χ1v) is 5.31. The van der Waals surface area contributed by atoms with Crippen LogP contribution in [0.1, 0.15) is 16.0 Å². The smallest absolute Gasteiger partial charge is 0.133 e. The summed E-state index contributed by atoms with van der Waals surface area (Å²) >= 11 is 3.14. The molecule has 1 unspecified atom stereocenters. The molecular weight excluding hydrogens is 285 g/mol. The zero-order chi connectivity index (χ0) is 11.7. The van der Waals surface area contributed by atoms with Gasteiger partial charge in [0.1, 0.15) is 17.5 Å². The third-order valence-electron chi connectivity index (χ3n) is 2.13. The van der Waals surface area contributed by atoms with Gasteiger partial charge in [-0.2, -0.15) is 0 Å². The maximum atomic E-state index is 13.4. The largest absolute Gasteiger partial charge is 0.472 e. The van der Waals surface area contributed by atoms with E-state index in [1.807, 2.05) is 0 Å². The molecule has 1 aromatic carbocycles. The second-order valence-electron chi connectivity index (χ2n) is 3.20. The first-order valence-electron chi connectivity index (χ1n) is 4.40. The summed E-state index contributed by atoms with van der Waals surface area (Å²) in [6.45, 7) is 0. The Hall–Kier alpha value is -1.23. The van der Waals surface area contributed by atoms with Gasteiger partial charge in [-0.05, 0) is 6.07 Å². The lowest BCUT2D eigenvalue weighted by molar-refractivity contribution is 0.526. The SMILES string of the molecule is Fc1cc(F)c(C(Br)c2ccoc2)c(F)c1. The Morgan fingerprint density at radius 2 is 1.75 bits per heavy atom. The molecule has 1 atom stereocenters. The molecule has 0 fully saturated rings. The van der Waals surface area contributed by atoms with Gasteiger partial charge in [0, 0.05) is 23.3 Å². The second kappa shape index (κ2) is 4.33. The van der Waals surface area contributed by atoms with Gasteiger partial charge in [-0.15, -0.1) is 0 Å². The zero-order valence-electron chi connectivity index (χ0n) is 7.88. The number of furan rings is 1. The van der Waals surface area contributed by atoms with Gasteiger partial charge in [0.2, 0.25) is 0 Å². The molecule has 0 bridgehead atoms. The lowest BCUT2D eigenvalue weighted by Crippen LogP contribution is -2.00. The average Bonchev–Trinajstić information content (AvgIpc) is 2.67. The van der Waals surface area contributed by atoms with E-state index in [9.17, 15) is 13.2 Å². The Morgan fingerprint density at radius 3 is 2.25 bits per heavy atom. The fourth-order valence-corrected chi connectivity index (χ4v) is 2.08. The monoisotopic (exact) mass is 290 g/mol. The molecule has 0 radical (unpaired) electrons. The number of halogens is 4. The van der Waals surface area contributed by atoms with Gasteiger partial charge in [-0.1, -0.05) is 15.9 Å². The van der Waals surface area contributed by atoms with Crippen LogP contribution in [-0.2, 0) is 0 Å². The molecule has 0 aliphatic carbocycles. The number of hydrogen-bond donors (Lipinski definition) is 0. The van der Waals surface area contributed by atoms with Crippen molar-refractivity contribution in [2.75, 3.05) is 0 Å². The first kappa shape index (κ1) is 11.3. The number of benzene rings is 1. The summed E-state index contributed by atoms with van der Waals surface area (Å²) in [6.07, 6.45) is 2.75. The molecule has 0 spiro atoms. The van der Waals surface area contributed by atoms with Gasteiger partial charge in [0.15, 0.2) is 0 Å². The third-order valence-corrected chi connectivity index (χ3v) is 3.12. The van der Waals surface area contributed by atoms with E-state index >= 15 is 0 Å². The van der Waals surface area contributed by atoms with Crippen LogP contribution < -0.4 is 0 Å². The Morgan fingerprint density at radius 1 is 1.12 bits per heavy atom. The standard InChI is InChI=1S/C11H6BrF3O/c12-11(6-1-2-16-5-6)10-8(14)3-7(13)4-9(10)15/h1-5,11H. The van der Waals surface area contributed by atoms with Crippen molar-refractivity contribution in [2.24, 2.45) is 0 Å². The van der Waals surface area contributed by atoms with Gasteiger partial charge < -0.3 is 4.42 Å². The minimum atomic E-state index is -0.939. The van der Waals surface area contributed by atoms with E-state index in [0.717, 1.165) is 0 Å². The summed E-state index contributed by atoms with van der Waals surface area (Å²) < 4.78 is 44.3. The summed E-state index contributed by atoms with van der Waals surface area (Å²) in [5.41, 5.74) is 0.326. The molecule has 2 rings (SSSR count). The van der Waals surface area contributed by atoms with Gasteiger partial charge in [0.05, 0.1) is 17.4 Å². The summed E-state index contributed by atoms with van der Waals surface area (Å²) in [7, 11) is 0. The van der Waals surface area contributed by atoms with Gasteiger partial charge >= 0.3 is 0 Å². The molecule has 0 saturated carbocycles. The Bertz CT molecular complexity index is 473. The van der Waals surface area contributed by atoms with Crippen LogP contribution in [-0.4, -0.2) is 0 Å². The lowest BCUT2D eigenvalue weighted by atomic mass is 10.1. The highest BCUT2D eigenvalue weighted by molar-refractivity contribution is 9.09. The van der Waals surface area contributed by atoms with Crippen LogP contribution in [0.3, 0.4) is 0 Å². The molecule has 2 aromatic rings. The van der Waals surface area contributed by atoms with Crippen LogP contribution in [0, 0.1) is 17.5 Å². The number of alkyl halides is 1. The molecular formula is C11H6BrF3O. The highest BCUT2D eigenvalue weighted by Gasteiger charge is 2.21. The van der Waals surface area contributed by atoms with Crippen LogP contribution in [0.15, 0.2) is 35.1 Å². The molecule has 0 amide bonds. The van der Waals surface area contributed by atoms with E-state index in [2.05, 4.69) is 15.9 Å². The Kier molecular flexibility index (Phi) is 3.05. The topological polar surface area (TPSA) is 13.1 Å². The van der Waals surface area contributed by atoms with E-state index < -0.39 is 22.3 Å². The minimum Gasteiger partial charge on any atom is -0.472 e. The van der Waals surface area contributed by atoms with Gasteiger partial charge in [-0.25, -0.2) is 13.2 Å². The van der Waals surface area contributed by atoms with Crippen molar-refractivity contribution in [3.8, 4) is 0 Å². The van der Waals surface area contributed by atoms with Gasteiger partial charge in [-0.3, -0.25) is 0 Å². The molecule has 1 heterocycles. The molecule has 84 valence electrons. The van der Waals surface area contributed by atoms with Crippen LogP contribution >= 0.6 is 15.9 Å². The summed E-state index contributed by atoms with van der Waals surface area (Å²) in [5, 5.41) is 0. The summed E-state index contributed by atoms with van der Waals surface area (Å²) in [5.74, 6) is -2.80. The predicted octanol–water partition coefficient (Wildman–Crippen LogP) is 4.18. The van der Waals surface area contributed by atoms with Crippen LogP contribution in [0.25, 0.3) is 0 Å². The molecule has 0 saturated heterocycles. The maximum absolute atomic E-state index is 13.4.